The molecule has 3 N–H and O–H groups in total. The average Bonchev–Trinajstić information content (AvgIpc) is 1.88. The first-order valence-electron chi connectivity index (χ1n) is 3.79. The zero-order chi connectivity index (χ0) is 7.98. The Hall–Kier alpha value is -0.120. The first-order valence-corrected chi connectivity index (χ1v) is 3.79. The molecule has 2 atom stereocenters. The van der Waals surface area contributed by atoms with Crippen LogP contribution in [0.2, 0.25) is 0 Å². The van der Waals surface area contributed by atoms with Crippen LogP contribution in [-0.4, -0.2) is 17.6 Å². The lowest BCUT2D eigenvalue weighted by atomic mass is 10.3. The molecule has 10 heavy (non-hydrogen) atoms. The first-order chi connectivity index (χ1) is 4.70. The largest absolute Gasteiger partial charge is 0.368 e. The van der Waals surface area contributed by atoms with Gasteiger partial charge in [0.1, 0.15) is 6.23 Å². The molecule has 0 aliphatic rings. The average molecular weight is 147 g/mol. The van der Waals surface area contributed by atoms with Crippen molar-refractivity contribution in [3.63, 3.8) is 0 Å². The standard InChI is InChI=1S/C7H17NO2/c1-3-5-7(9)10-6(8)4-2/h6-7,9H,3-5,8H2,1-2H3. The van der Waals surface area contributed by atoms with E-state index in [1.165, 1.54) is 0 Å². The number of rotatable bonds is 5. The molecule has 0 aromatic heterocycles. The minimum Gasteiger partial charge on any atom is -0.368 e. The van der Waals surface area contributed by atoms with Crippen LogP contribution in [0.15, 0.2) is 0 Å². The zero-order valence-electron chi connectivity index (χ0n) is 6.71. The summed E-state index contributed by atoms with van der Waals surface area (Å²) in [5, 5.41) is 9.05. The number of hydrogen-bond acceptors (Lipinski definition) is 3. The van der Waals surface area contributed by atoms with Crippen LogP contribution in [0, 0.1) is 0 Å². The maximum absolute atomic E-state index is 9.05. The molecule has 0 saturated heterocycles. The van der Waals surface area contributed by atoms with E-state index in [0.717, 1.165) is 12.8 Å². The third-order valence-corrected chi connectivity index (χ3v) is 1.27. The fourth-order valence-electron chi connectivity index (χ4n) is 0.613. The molecule has 0 bridgehead atoms. The minimum atomic E-state index is -0.681. The van der Waals surface area contributed by atoms with Crippen molar-refractivity contribution in [2.45, 2.75) is 45.6 Å². The van der Waals surface area contributed by atoms with E-state index in [9.17, 15) is 0 Å². The normalized spacial score (nSPS) is 16.8. The second kappa shape index (κ2) is 5.65. The van der Waals surface area contributed by atoms with Crippen molar-refractivity contribution in [3.05, 3.63) is 0 Å². The predicted octanol–water partition coefficient (Wildman–Crippen LogP) is 0.816. The maximum Gasteiger partial charge on any atom is 0.156 e. The number of ether oxygens (including phenoxy) is 1. The van der Waals surface area contributed by atoms with E-state index in [1.807, 2.05) is 13.8 Å². The quantitative estimate of drug-likeness (QED) is 0.566. The van der Waals surface area contributed by atoms with Gasteiger partial charge in [0.25, 0.3) is 0 Å². The molecule has 0 saturated carbocycles. The van der Waals surface area contributed by atoms with Crippen LogP contribution in [0.1, 0.15) is 33.1 Å². The summed E-state index contributed by atoms with van der Waals surface area (Å²) in [7, 11) is 0. The van der Waals surface area contributed by atoms with Gasteiger partial charge in [-0.05, 0) is 12.8 Å². The third kappa shape index (κ3) is 4.73. The van der Waals surface area contributed by atoms with Crippen LogP contribution >= 0.6 is 0 Å². The molecule has 0 radical (unpaired) electrons. The van der Waals surface area contributed by atoms with Crippen molar-refractivity contribution in [1.29, 1.82) is 0 Å². The van der Waals surface area contributed by atoms with Crippen LogP contribution in [-0.2, 0) is 4.74 Å². The molecule has 0 spiro atoms. The van der Waals surface area contributed by atoms with E-state index < -0.39 is 6.29 Å². The summed E-state index contributed by atoms with van der Waals surface area (Å²) >= 11 is 0. The summed E-state index contributed by atoms with van der Waals surface area (Å²) in [5.41, 5.74) is 5.42. The highest BCUT2D eigenvalue weighted by molar-refractivity contribution is 4.45. The molecule has 0 rings (SSSR count). The van der Waals surface area contributed by atoms with Crippen LogP contribution < -0.4 is 5.73 Å². The Balaban J connectivity index is 3.27. The molecule has 0 aliphatic heterocycles. The molecular formula is C7H17NO2. The van der Waals surface area contributed by atoms with Crippen LogP contribution in [0.5, 0.6) is 0 Å². The van der Waals surface area contributed by atoms with Crippen molar-refractivity contribution >= 4 is 0 Å². The van der Waals surface area contributed by atoms with Crippen molar-refractivity contribution in [1.82, 2.24) is 0 Å². The van der Waals surface area contributed by atoms with Gasteiger partial charge in [0, 0.05) is 0 Å². The smallest absolute Gasteiger partial charge is 0.156 e. The van der Waals surface area contributed by atoms with E-state index in [-0.39, 0.29) is 6.23 Å². The second-order valence-corrected chi connectivity index (χ2v) is 2.33. The fourth-order valence-corrected chi connectivity index (χ4v) is 0.613. The Morgan fingerprint density at radius 2 is 2.10 bits per heavy atom. The van der Waals surface area contributed by atoms with E-state index in [2.05, 4.69) is 0 Å². The van der Waals surface area contributed by atoms with E-state index in [0.29, 0.717) is 6.42 Å². The molecule has 0 aliphatic carbocycles. The summed E-state index contributed by atoms with van der Waals surface area (Å²) in [6.45, 7) is 3.91. The molecule has 2 unspecified atom stereocenters. The topological polar surface area (TPSA) is 55.5 Å². The number of hydrogen-bond donors (Lipinski definition) is 2. The molecule has 0 aromatic rings. The highest BCUT2D eigenvalue weighted by atomic mass is 16.6. The Kier molecular flexibility index (Phi) is 5.58. The predicted molar refractivity (Wildman–Crippen MR) is 40.3 cm³/mol. The lowest BCUT2D eigenvalue weighted by Crippen LogP contribution is -2.28. The third-order valence-electron chi connectivity index (χ3n) is 1.27. The highest BCUT2D eigenvalue weighted by Crippen LogP contribution is 2.00. The molecule has 62 valence electrons. The van der Waals surface area contributed by atoms with Crippen molar-refractivity contribution in [2.75, 3.05) is 0 Å². The Labute approximate surface area is 62.2 Å². The second-order valence-electron chi connectivity index (χ2n) is 2.33. The van der Waals surface area contributed by atoms with Gasteiger partial charge in [-0.3, -0.25) is 0 Å². The van der Waals surface area contributed by atoms with Crippen molar-refractivity contribution in [2.24, 2.45) is 5.73 Å². The fraction of sp³-hybridized carbons (Fsp3) is 1.00. The SMILES string of the molecule is CCCC(O)OC(N)CC. The molecular weight excluding hydrogens is 130 g/mol. The van der Waals surface area contributed by atoms with E-state index in [4.69, 9.17) is 15.6 Å². The molecule has 3 nitrogen and oxygen atoms in total. The van der Waals surface area contributed by atoms with Gasteiger partial charge in [0.2, 0.25) is 0 Å². The lowest BCUT2D eigenvalue weighted by molar-refractivity contribution is -0.137. The van der Waals surface area contributed by atoms with Gasteiger partial charge in [-0.15, -0.1) is 0 Å². The van der Waals surface area contributed by atoms with Gasteiger partial charge < -0.3 is 15.6 Å². The van der Waals surface area contributed by atoms with Crippen LogP contribution in [0.3, 0.4) is 0 Å². The molecule has 0 heterocycles. The lowest BCUT2D eigenvalue weighted by Gasteiger charge is -2.15. The van der Waals surface area contributed by atoms with Gasteiger partial charge in [0.15, 0.2) is 6.29 Å². The molecule has 0 amide bonds. The zero-order valence-corrected chi connectivity index (χ0v) is 6.71. The van der Waals surface area contributed by atoms with Crippen molar-refractivity contribution < 1.29 is 9.84 Å². The van der Waals surface area contributed by atoms with Gasteiger partial charge >= 0.3 is 0 Å². The van der Waals surface area contributed by atoms with E-state index >= 15 is 0 Å². The molecule has 0 aromatic carbocycles. The minimum absolute atomic E-state index is 0.318. The van der Waals surface area contributed by atoms with Gasteiger partial charge in [0.05, 0.1) is 0 Å². The summed E-state index contributed by atoms with van der Waals surface area (Å²) in [4.78, 5) is 0. The summed E-state index contributed by atoms with van der Waals surface area (Å²) in [6.07, 6.45) is 1.31. The van der Waals surface area contributed by atoms with Gasteiger partial charge in [-0.1, -0.05) is 20.3 Å². The molecule has 0 fully saturated rings. The Morgan fingerprint density at radius 3 is 2.50 bits per heavy atom. The molecule has 3 heteroatoms. The monoisotopic (exact) mass is 147 g/mol. The highest BCUT2D eigenvalue weighted by Gasteiger charge is 2.06. The van der Waals surface area contributed by atoms with Gasteiger partial charge in [-0.25, -0.2) is 0 Å². The maximum atomic E-state index is 9.05. The number of aliphatic hydroxyl groups is 1. The van der Waals surface area contributed by atoms with Crippen LogP contribution in [0.4, 0.5) is 0 Å². The summed E-state index contributed by atoms with van der Waals surface area (Å²) < 4.78 is 4.97. The summed E-state index contributed by atoms with van der Waals surface area (Å²) in [6, 6.07) is 0. The number of aliphatic hydroxyl groups excluding tert-OH is 1. The van der Waals surface area contributed by atoms with Gasteiger partial charge in [-0.2, -0.15) is 0 Å². The summed E-state index contributed by atoms with van der Waals surface area (Å²) in [5.74, 6) is 0. The van der Waals surface area contributed by atoms with Crippen LogP contribution in [0.25, 0.3) is 0 Å². The first kappa shape index (κ1) is 9.88. The Bertz CT molecular complexity index is 78.0. The van der Waals surface area contributed by atoms with E-state index in [1.54, 1.807) is 0 Å². The van der Waals surface area contributed by atoms with Crippen molar-refractivity contribution in [3.8, 4) is 0 Å². The Morgan fingerprint density at radius 1 is 1.50 bits per heavy atom. The number of nitrogens with two attached hydrogens (primary N) is 1.